The van der Waals surface area contributed by atoms with Crippen LogP contribution < -0.4 is 14.8 Å². The Morgan fingerprint density at radius 3 is 2.60 bits per heavy atom. The van der Waals surface area contributed by atoms with Crippen molar-refractivity contribution < 1.29 is 17.9 Å². The van der Waals surface area contributed by atoms with Gasteiger partial charge in [0.25, 0.3) is 5.91 Å². The number of carbonyl (C=O) groups is 1. The Morgan fingerprint density at radius 1 is 1.26 bits per heavy atom. The number of hydrogen-bond acceptors (Lipinski definition) is 6. The van der Waals surface area contributed by atoms with Crippen LogP contribution in [0.1, 0.15) is 34.8 Å². The first-order valence-corrected chi connectivity index (χ1v) is 13.5. The van der Waals surface area contributed by atoms with Crippen LogP contribution in [0.15, 0.2) is 42.0 Å². The summed E-state index contributed by atoms with van der Waals surface area (Å²) in [6.45, 7) is 2.29. The van der Waals surface area contributed by atoms with E-state index >= 15 is 0 Å². The Kier molecular flexibility index (Phi) is 8.48. The highest BCUT2D eigenvalue weighted by Crippen LogP contribution is 2.32. The maximum Gasteiger partial charge on any atom is 0.256 e. The minimum Gasteiger partial charge on any atom is -0.495 e. The van der Waals surface area contributed by atoms with Crippen molar-refractivity contribution in [2.24, 2.45) is 0 Å². The van der Waals surface area contributed by atoms with Crippen molar-refractivity contribution in [2.75, 3.05) is 27.0 Å². The molecule has 1 aliphatic rings. The quantitative estimate of drug-likeness (QED) is 0.494. The summed E-state index contributed by atoms with van der Waals surface area (Å²) in [4.78, 5) is 14.9. The van der Waals surface area contributed by atoms with Gasteiger partial charge in [-0.25, -0.2) is 13.1 Å². The van der Waals surface area contributed by atoms with Gasteiger partial charge in [-0.1, -0.05) is 29.3 Å². The Balaban J connectivity index is 1.92. The average Bonchev–Trinajstić information content (AvgIpc) is 2.80. The van der Waals surface area contributed by atoms with Crippen molar-refractivity contribution in [3.63, 3.8) is 0 Å². The van der Waals surface area contributed by atoms with Gasteiger partial charge in [-0.2, -0.15) is 0 Å². The van der Waals surface area contributed by atoms with Gasteiger partial charge in [0.2, 0.25) is 10.0 Å². The third-order valence-electron chi connectivity index (χ3n) is 5.82. The van der Waals surface area contributed by atoms with Gasteiger partial charge in [-0.15, -0.1) is 0 Å². The number of piperidine rings is 1. The Morgan fingerprint density at radius 2 is 1.97 bits per heavy atom. The molecule has 0 bridgehead atoms. The number of methoxy groups -OCH3 is 1. The third-order valence-corrected chi connectivity index (χ3v) is 7.10. The number of likely N-dealkylation sites (tertiary alicyclic amines) is 1. The third kappa shape index (κ3) is 6.16. The van der Waals surface area contributed by atoms with E-state index in [-0.39, 0.29) is 17.5 Å². The van der Waals surface area contributed by atoms with Crippen LogP contribution in [-0.2, 0) is 16.6 Å². The summed E-state index contributed by atoms with van der Waals surface area (Å²) < 4.78 is 30.7. The topological polar surface area (TPSA) is 112 Å². The second-order valence-corrected chi connectivity index (χ2v) is 10.9. The maximum atomic E-state index is 13.3. The van der Waals surface area contributed by atoms with Crippen molar-refractivity contribution in [1.29, 1.82) is 5.41 Å². The van der Waals surface area contributed by atoms with Crippen LogP contribution in [0, 0.1) is 5.41 Å². The molecule has 0 aromatic heterocycles. The number of sulfonamides is 1. The van der Waals surface area contributed by atoms with Gasteiger partial charge in [0, 0.05) is 36.4 Å². The Bertz CT molecular complexity index is 1290. The molecule has 0 spiro atoms. The molecule has 8 nitrogen and oxygen atoms in total. The first kappa shape index (κ1) is 27.0. The lowest BCUT2D eigenvalue weighted by molar-refractivity contribution is 0.0728. The summed E-state index contributed by atoms with van der Waals surface area (Å²) in [6, 6.07) is 9.82. The zero-order chi connectivity index (χ0) is 25.9. The van der Waals surface area contributed by atoms with Crippen LogP contribution in [-0.4, -0.2) is 57.9 Å². The zero-order valence-corrected chi connectivity index (χ0v) is 22.2. The van der Waals surface area contributed by atoms with E-state index in [1.807, 2.05) is 6.07 Å². The molecule has 3 rings (SSSR count). The van der Waals surface area contributed by atoms with Crippen LogP contribution in [0.3, 0.4) is 0 Å². The van der Waals surface area contributed by atoms with E-state index in [1.165, 1.54) is 7.11 Å². The minimum absolute atomic E-state index is 0.0934. The summed E-state index contributed by atoms with van der Waals surface area (Å²) in [7, 11) is -0.122. The number of carbonyl (C=O) groups excluding carboxylic acids is 1. The van der Waals surface area contributed by atoms with Crippen LogP contribution in [0.25, 0.3) is 5.70 Å². The molecule has 1 amide bonds. The fourth-order valence-corrected chi connectivity index (χ4v) is 5.05. The summed E-state index contributed by atoms with van der Waals surface area (Å²) in [6.07, 6.45) is 1.53. The zero-order valence-electron chi connectivity index (χ0n) is 19.9. The van der Waals surface area contributed by atoms with Crippen LogP contribution in [0.4, 0.5) is 0 Å². The molecule has 1 saturated heterocycles. The van der Waals surface area contributed by atoms with Gasteiger partial charge in [0.1, 0.15) is 5.75 Å². The number of ether oxygens (including phenoxy) is 1. The Hall–Kier alpha value is -2.59. The molecule has 188 valence electrons. The largest absolute Gasteiger partial charge is 0.495 e. The predicted molar refractivity (Wildman–Crippen MR) is 140 cm³/mol. The van der Waals surface area contributed by atoms with Gasteiger partial charge in [-0.05, 0) is 54.8 Å². The minimum atomic E-state index is -3.36. The number of amides is 1. The number of rotatable bonds is 7. The van der Waals surface area contributed by atoms with Gasteiger partial charge in [0.15, 0.2) is 0 Å². The second-order valence-electron chi connectivity index (χ2n) is 8.20. The van der Waals surface area contributed by atoms with Gasteiger partial charge in [0.05, 0.1) is 35.7 Å². The molecule has 0 saturated carbocycles. The van der Waals surface area contributed by atoms with Crippen molar-refractivity contribution in [3.05, 3.63) is 68.7 Å². The Labute approximate surface area is 215 Å². The number of halogens is 2. The van der Waals surface area contributed by atoms with E-state index in [1.54, 1.807) is 49.2 Å². The van der Waals surface area contributed by atoms with Gasteiger partial charge in [-0.3, -0.25) is 4.79 Å². The highest BCUT2D eigenvalue weighted by molar-refractivity contribution is 7.88. The number of benzene rings is 2. The monoisotopic (exact) mass is 538 g/mol. The van der Waals surface area contributed by atoms with E-state index in [0.29, 0.717) is 46.3 Å². The predicted octanol–water partition coefficient (Wildman–Crippen LogP) is 3.94. The number of nitrogens with zero attached hydrogens (tertiary/aromatic N) is 1. The van der Waals surface area contributed by atoms with Crippen molar-refractivity contribution >= 4 is 50.5 Å². The summed E-state index contributed by atoms with van der Waals surface area (Å²) >= 11 is 12.7. The second kappa shape index (κ2) is 11.0. The molecule has 11 heteroatoms. The van der Waals surface area contributed by atoms with E-state index in [4.69, 9.17) is 33.3 Å². The lowest BCUT2D eigenvalue weighted by Gasteiger charge is -2.36. The molecule has 35 heavy (non-hydrogen) atoms. The van der Waals surface area contributed by atoms with Gasteiger partial charge < -0.3 is 20.4 Å². The van der Waals surface area contributed by atoms with Gasteiger partial charge >= 0.3 is 0 Å². The average molecular weight is 539 g/mol. The normalized spacial score (nSPS) is 17.8. The maximum absolute atomic E-state index is 13.3. The molecule has 1 aliphatic heterocycles. The summed E-state index contributed by atoms with van der Waals surface area (Å²) in [5.74, 6) is 0.144. The SMILES string of the molecule is CN/C(=C1/CCN(C(=O)c2cccc(OC)c2Cl)[C@@H](C)C1=N)c1cc(Cl)cc(CNS(C)(=O)=O)c1. The lowest BCUT2D eigenvalue weighted by Crippen LogP contribution is -2.48. The van der Waals surface area contributed by atoms with E-state index in [9.17, 15) is 13.2 Å². The molecule has 2 aromatic rings. The molecular formula is C24H28Cl2N4O4S. The lowest BCUT2D eigenvalue weighted by atomic mass is 9.90. The first-order chi connectivity index (χ1) is 16.5. The fraction of sp³-hybridized carbons (Fsp3) is 0.333. The molecular weight excluding hydrogens is 511 g/mol. The summed E-state index contributed by atoms with van der Waals surface area (Å²) in [5.41, 5.74) is 3.49. The van der Waals surface area contributed by atoms with Crippen LogP contribution in [0.2, 0.25) is 10.0 Å². The fourth-order valence-electron chi connectivity index (χ4n) is 4.07. The van der Waals surface area contributed by atoms with E-state index in [0.717, 1.165) is 17.4 Å². The first-order valence-electron chi connectivity index (χ1n) is 10.8. The molecule has 1 atom stereocenters. The smallest absolute Gasteiger partial charge is 0.256 e. The highest BCUT2D eigenvalue weighted by Gasteiger charge is 2.33. The van der Waals surface area contributed by atoms with Crippen molar-refractivity contribution in [3.8, 4) is 5.75 Å². The van der Waals surface area contributed by atoms with E-state index < -0.39 is 16.1 Å². The standard InChI is InChI=1S/C24H28Cl2N4O4S/c1-14-22(27)19(8-9-30(14)24(31)18-6-5-7-20(34-3)21(18)26)23(28-2)16-10-15(11-17(25)12-16)13-29-35(4,32)33/h5-7,10-12,14,27-29H,8-9,13H2,1-4H3/b23-19-,27-22?/t14-/m0/s1. The van der Waals surface area contributed by atoms with Crippen LogP contribution in [0.5, 0.6) is 5.75 Å². The number of hydrogen-bond donors (Lipinski definition) is 3. The van der Waals surface area contributed by atoms with Crippen molar-refractivity contribution in [1.82, 2.24) is 14.9 Å². The molecule has 3 N–H and O–H groups in total. The molecule has 0 unspecified atom stereocenters. The number of nitrogens with one attached hydrogen (secondary N) is 3. The van der Waals surface area contributed by atoms with E-state index in [2.05, 4.69) is 10.0 Å². The van der Waals surface area contributed by atoms with Crippen LogP contribution >= 0.6 is 23.2 Å². The molecule has 1 heterocycles. The molecule has 2 aromatic carbocycles. The van der Waals surface area contributed by atoms with Crippen molar-refractivity contribution in [2.45, 2.75) is 25.9 Å². The summed E-state index contributed by atoms with van der Waals surface area (Å²) in [5, 5.41) is 12.7. The molecule has 0 aliphatic carbocycles. The highest BCUT2D eigenvalue weighted by atomic mass is 35.5. The molecule has 0 radical (unpaired) electrons. The molecule has 1 fully saturated rings.